The zero-order chi connectivity index (χ0) is 22.2. The number of nitrogens with one attached hydrogen (secondary N) is 1. The largest absolute Gasteiger partial charge is 0.467 e. The minimum Gasteiger partial charge on any atom is -0.467 e. The SMILES string of the molecule is CCOC(=O)N1CCC(C(=O)N(Cc2ccc(C(=O)NC)cc2)Cc2ccco2)CC1. The number of carbonyl (C=O) groups is 3. The second-order valence-electron chi connectivity index (χ2n) is 7.51. The molecule has 0 radical (unpaired) electrons. The molecule has 31 heavy (non-hydrogen) atoms. The number of ether oxygens (including phenoxy) is 1. The Morgan fingerprint density at radius 1 is 1.13 bits per heavy atom. The summed E-state index contributed by atoms with van der Waals surface area (Å²) in [5, 5.41) is 2.60. The molecule has 0 spiro atoms. The van der Waals surface area contributed by atoms with Gasteiger partial charge >= 0.3 is 6.09 Å². The number of piperidine rings is 1. The third kappa shape index (κ3) is 5.87. The summed E-state index contributed by atoms with van der Waals surface area (Å²) >= 11 is 0. The van der Waals surface area contributed by atoms with Crippen molar-refractivity contribution in [2.24, 2.45) is 5.92 Å². The fraction of sp³-hybridized carbons (Fsp3) is 0.435. The molecule has 1 aliphatic rings. The number of rotatable bonds is 7. The molecule has 2 aromatic rings. The highest BCUT2D eigenvalue weighted by Gasteiger charge is 2.31. The minimum atomic E-state index is -0.322. The van der Waals surface area contributed by atoms with E-state index in [1.807, 2.05) is 18.2 Å². The summed E-state index contributed by atoms with van der Waals surface area (Å²) in [6.07, 6.45) is 2.47. The van der Waals surface area contributed by atoms with Crippen molar-refractivity contribution in [1.82, 2.24) is 15.1 Å². The van der Waals surface area contributed by atoms with Crippen LogP contribution in [0.3, 0.4) is 0 Å². The average molecular weight is 428 g/mol. The standard InChI is InChI=1S/C23H29N3O5/c1-3-30-23(29)25-12-10-19(11-13-25)22(28)26(16-20-5-4-14-31-20)15-17-6-8-18(9-7-17)21(27)24-2/h4-9,14,19H,3,10-13,15-16H2,1-2H3,(H,24,27). The fourth-order valence-corrected chi connectivity index (χ4v) is 3.71. The highest BCUT2D eigenvalue weighted by atomic mass is 16.6. The number of nitrogens with zero attached hydrogens (tertiary/aromatic N) is 2. The quantitative estimate of drug-likeness (QED) is 0.733. The monoisotopic (exact) mass is 427 g/mol. The Labute approximate surface area is 182 Å². The van der Waals surface area contributed by atoms with Gasteiger partial charge in [0.2, 0.25) is 5.91 Å². The number of carbonyl (C=O) groups excluding carboxylic acids is 3. The van der Waals surface area contributed by atoms with Crippen molar-refractivity contribution >= 4 is 17.9 Å². The maximum atomic E-state index is 13.3. The molecule has 0 saturated carbocycles. The van der Waals surface area contributed by atoms with Gasteiger partial charge in [0.25, 0.3) is 5.91 Å². The van der Waals surface area contributed by atoms with Crippen LogP contribution in [0.4, 0.5) is 4.79 Å². The second kappa shape index (κ2) is 10.7. The number of hydrogen-bond acceptors (Lipinski definition) is 5. The lowest BCUT2D eigenvalue weighted by atomic mass is 9.95. The Balaban J connectivity index is 1.68. The van der Waals surface area contributed by atoms with E-state index in [1.165, 1.54) is 0 Å². The summed E-state index contributed by atoms with van der Waals surface area (Å²) in [6, 6.07) is 10.9. The predicted molar refractivity (Wildman–Crippen MR) is 114 cm³/mol. The lowest BCUT2D eigenvalue weighted by Gasteiger charge is -2.33. The van der Waals surface area contributed by atoms with Crippen LogP contribution in [0, 0.1) is 5.92 Å². The van der Waals surface area contributed by atoms with Crippen molar-refractivity contribution in [3.63, 3.8) is 0 Å². The first kappa shape index (κ1) is 22.4. The Hall–Kier alpha value is -3.29. The smallest absolute Gasteiger partial charge is 0.409 e. The van der Waals surface area contributed by atoms with Crippen molar-refractivity contribution in [2.45, 2.75) is 32.9 Å². The predicted octanol–water partition coefficient (Wildman–Crippen LogP) is 3.04. The fourth-order valence-electron chi connectivity index (χ4n) is 3.71. The topological polar surface area (TPSA) is 92.1 Å². The van der Waals surface area contributed by atoms with Crippen molar-refractivity contribution < 1.29 is 23.5 Å². The Morgan fingerprint density at radius 2 is 1.84 bits per heavy atom. The molecule has 1 fully saturated rings. The summed E-state index contributed by atoms with van der Waals surface area (Å²) in [4.78, 5) is 40.5. The molecular formula is C23H29N3O5. The van der Waals surface area contributed by atoms with Gasteiger partial charge in [-0.15, -0.1) is 0 Å². The van der Waals surface area contributed by atoms with Gasteiger partial charge in [0.1, 0.15) is 5.76 Å². The van der Waals surface area contributed by atoms with Gasteiger partial charge in [-0.2, -0.15) is 0 Å². The zero-order valence-electron chi connectivity index (χ0n) is 18.0. The summed E-state index contributed by atoms with van der Waals surface area (Å²) in [7, 11) is 1.59. The van der Waals surface area contributed by atoms with E-state index < -0.39 is 0 Å². The number of benzene rings is 1. The van der Waals surface area contributed by atoms with Gasteiger partial charge in [0.05, 0.1) is 19.4 Å². The lowest BCUT2D eigenvalue weighted by molar-refractivity contribution is -0.138. The van der Waals surface area contributed by atoms with Gasteiger partial charge in [-0.25, -0.2) is 4.79 Å². The summed E-state index contributed by atoms with van der Waals surface area (Å²) in [6.45, 7) is 3.90. The van der Waals surface area contributed by atoms with Crippen molar-refractivity contribution in [1.29, 1.82) is 0 Å². The molecule has 0 bridgehead atoms. The number of likely N-dealkylation sites (tertiary alicyclic amines) is 1. The molecule has 1 N–H and O–H groups in total. The van der Waals surface area contributed by atoms with E-state index in [9.17, 15) is 14.4 Å². The molecule has 1 saturated heterocycles. The summed E-state index contributed by atoms with van der Waals surface area (Å²) < 4.78 is 10.5. The molecule has 8 nitrogen and oxygen atoms in total. The van der Waals surface area contributed by atoms with Crippen LogP contribution in [-0.2, 0) is 22.6 Å². The molecule has 3 amide bonds. The highest BCUT2D eigenvalue weighted by molar-refractivity contribution is 5.93. The van der Waals surface area contributed by atoms with Crippen molar-refractivity contribution in [3.05, 3.63) is 59.5 Å². The van der Waals surface area contributed by atoms with Gasteiger partial charge in [0.15, 0.2) is 0 Å². The molecule has 0 atom stereocenters. The van der Waals surface area contributed by atoms with Gasteiger partial charge in [-0.05, 0) is 49.6 Å². The molecule has 1 aliphatic heterocycles. The van der Waals surface area contributed by atoms with Gasteiger partial charge in [-0.1, -0.05) is 12.1 Å². The first-order chi connectivity index (χ1) is 15.0. The number of furan rings is 1. The van der Waals surface area contributed by atoms with Crippen LogP contribution in [0.5, 0.6) is 0 Å². The average Bonchev–Trinajstić information content (AvgIpc) is 3.31. The number of hydrogen-bond donors (Lipinski definition) is 1. The van der Waals surface area contributed by atoms with E-state index in [0.29, 0.717) is 57.0 Å². The molecule has 8 heteroatoms. The first-order valence-corrected chi connectivity index (χ1v) is 10.6. The van der Waals surface area contributed by atoms with E-state index in [1.54, 1.807) is 48.2 Å². The molecular weight excluding hydrogens is 398 g/mol. The van der Waals surface area contributed by atoms with Crippen molar-refractivity contribution in [3.8, 4) is 0 Å². The first-order valence-electron chi connectivity index (χ1n) is 10.6. The highest BCUT2D eigenvalue weighted by Crippen LogP contribution is 2.23. The Morgan fingerprint density at radius 3 is 2.42 bits per heavy atom. The lowest BCUT2D eigenvalue weighted by Crippen LogP contribution is -2.44. The number of amides is 3. The molecule has 1 aromatic heterocycles. The normalized spacial score (nSPS) is 14.2. The Bertz CT molecular complexity index is 871. The van der Waals surface area contributed by atoms with Crippen LogP contribution in [0.2, 0.25) is 0 Å². The summed E-state index contributed by atoms with van der Waals surface area (Å²) in [5.74, 6) is 0.434. The molecule has 2 heterocycles. The zero-order valence-corrected chi connectivity index (χ0v) is 18.0. The van der Waals surface area contributed by atoms with Crippen LogP contribution < -0.4 is 5.32 Å². The minimum absolute atomic E-state index is 0.0373. The second-order valence-corrected chi connectivity index (χ2v) is 7.51. The van der Waals surface area contributed by atoms with Crippen LogP contribution in [0.1, 0.15) is 41.4 Å². The molecule has 0 aliphatic carbocycles. The third-order valence-electron chi connectivity index (χ3n) is 5.43. The van der Waals surface area contributed by atoms with Gasteiger partial charge < -0.3 is 24.3 Å². The van der Waals surface area contributed by atoms with E-state index in [4.69, 9.17) is 9.15 Å². The molecule has 0 unspecified atom stereocenters. The summed E-state index contributed by atoms with van der Waals surface area (Å²) in [5.41, 5.74) is 1.50. The van der Waals surface area contributed by atoms with E-state index >= 15 is 0 Å². The maximum Gasteiger partial charge on any atom is 0.409 e. The molecule has 1 aromatic carbocycles. The van der Waals surface area contributed by atoms with Crippen LogP contribution in [0.25, 0.3) is 0 Å². The van der Waals surface area contributed by atoms with Crippen LogP contribution in [-0.4, -0.2) is 54.5 Å². The van der Waals surface area contributed by atoms with Crippen LogP contribution in [0.15, 0.2) is 47.1 Å². The van der Waals surface area contributed by atoms with E-state index in [0.717, 1.165) is 5.56 Å². The maximum absolute atomic E-state index is 13.3. The van der Waals surface area contributed by atoms with E-state index in [-0.39, 0.29) is 23.8 Å². The molecule has 166 valence electrons. The molecule has 3 rings (SSSR count). The van der Waals surface area contributed by atoms with Crippen LogP contribution >= 0.6 is 0 Å². The van der Waals surface area contributed by atoms with E-state index in [2.05, 4.69) is 5.32 Å². The van der Waals surface area contributed by atoms with Gasteiger partial charge in [-0.3, -0.25) is 9.59 Å². The Kier molecular flexibility index (Phi) is 7.70. The third-order valence-corrected chi connectivity index (χ3v) is 5.43. The van der Waals surface area contributed by atoms with Gasteiger partial charge in [0, 0.05) is 38.2 Å². The van der Waals surface area contributed by atoms with Crippen molar-refractivity contribution in [2.75, 3.05) is 26.7 Å².